The van der Waals surface area contributed by atoms with Crippen molar-refractivity contribution in [1.82, 2.24) is 0 Å². The van der Waals surface area contributed by atoms with Gasteiger partial charge in [-0.25, -0.2) is 9.18 Å². The van der Waals surface area contributed by atoms with Gasteiger partial charge in [-0.1, -0.05) is 64.7 Å². The molecule has 2 rings (SSSR count). The van der Waals surface area contributed by atoms with Gasteiger partial charge in [0, 0.05) is 5.56 Å². The topological polar surface area (TPSA) is 26.3 Å². The molecule has 0 saturated heterocycles. The Morgan fingerprint density at radius 1 is 1.16 bits per heavy atom. The summed E-state index contributed by atoms with van der Waals surface area (Å²) >= 11 is 0. The predicted octanol–water partition coefficient (Wildman–Crippen LogP) is 8.91. The molecule has 0 bridgehead atoms. The molecule has 0 N–H and O–H groups in total. The zero-order valence-electron chi connectivity index (χ0n) is 21.0. The number of ether oxygens (including phenoxy) is 1. The van der Waals surface area contributed by atoms with Crippen LogP contribution in [0.4, 0.5) is 4.39 Å². The van der Waals surface area contributed by atoms with E-state index in [1.165, 1.54) is 30.4 Å². The fourth-order valence-electron chi connectivity index (χ4n) is 4.80. The van der Waals surface area contributed by atoms with Gasteiger partial charge in [-0.05, 0) is 86.3 Å². The lowest BCUT2D eigenvalue weighted by molar-refractivity contribution is 0.0497. The van der Waals surface area contributed by atoms with E-state index in [1.807, 2.05) is 13.8 Å². The molecule has 0 fully saturated rings. The summed E-state index contributed by atoms with van der Waals surface area (Å²) in [6, 6.07) is 5.07. The van der Waals surface area contributed by atoms with Crippen LogP contribution in [0, 0.1) is 12.3 Å². The second-order valence-electron chi connectivity index (χ2n) is 9.89. The first kappa shape index (κ1) is 26.1. The number of esters is 1. The lowest BCUT2D eigenvalue weighted by atomic mass is 9.69. The maximum atomic E-state index is 15.5. The molecule has 1 aromatic rings. The summed E-state index contributed by atoms with van der Waals surface area (Å²) in [4.78, 5) is 12.4. The van der Waals surface area contributed by atoms with Crippen LogP contribution in [0.5, 0.6) is 0 Å². The van der Waals surface area contributed by atoms with Crippen molar-refractivity contribution in [2.24, 2.45) is 5.41 Å². The maximum absolute atomic E-state index is 15.5. The minimum Gasteiger partial charge on any atom is -0.462 e. The van der Waals surface area contributed by atoms with Gasteiger partial charge in [0.2, 0.25) is 0 Å². The number of hydrogen-bond acceptors (Lipinski definition) is 2. The van der Waals surface area contributed by atoms with Crippen LogP contribution in [0.1, 0.15) is 107 Å². The third-order valence-corrected chi connectivity index (χ3v) is 6.72. The Kier molecular flexibility index (Phi) is 9.48. The zero-order valence-corrected chi connectivity index (χ0v) is 21.0. The molecule has 1 aliphatic carbocycles. The highest BCUT2D eigenvalue weighted by Crippen LogP contribution is 2.46. The van der Waals surface area contributed by atoms with Gasteiger partial charge >= 0.3 is 5.97 Å². The third kappa shape index (κ3) is 6.43. The van der Waals surface area contributed by atoms with Crippen molar-refractivity contribution < 1.29 is 13.9 Å². The standard InChI is InChI=1S/C29H41FO2/c1-8-9-10-11-12-18-32-28(31)24-15-16-25(21(3)19-24)27(30)23(5)22(4)26-20(2)14-13-17-29(26,6)7/h15-16,19H,4,8-14,17-18H2,1-3,5-7H3/b27-23-. The summed E-state index contributed by atoms with van der Waals surface area (Å²) in [6.07, 6.45) is 8.83. The summed E-state index contributed by atoms with van der Waals surface area (Å²) in [7, 11) is 0. The van der Waals surface area contributed by atoms with E-state index in [1.54, 1.807) is 18.2 Å². The fraction of sp³-hybridized carbons (Fsp3) is 0.552. The molecule has 1 aromatic carbocycles. The lowest BCUT2D eigenvalue weighted by Gasteiger charge is -2.36. The Bertz CT molecular complexity index is 902. The SMILES string of the molecule is C=C(C1=C(C)CCCC1(C)C)/C(C)=C(\F)c1ccc(C(=O)OCCCCCCC)cc1C. The molecular formula is C29H41FO2. The molecular weight excluding hydrogens is 399 g/mol. The Labute approximate surface area is 194 Å². The first-order valence-corrected chi connectivity index (χ1v) is 12.1. The van der Waals surface area contributed by atoms with E-state index in [0.717, 1.165) is 43.2 Å². The summed E-state index contributed by atoms with van der Waals surface area (Å²) in [5.74, 6) is -0.615. The van der Waals surface area contributed by atoms with Crippen molar-refractivity contribution in [1.29, 1.82) is 0 Å². The van der Waals surface area contributed by atoms with Crippen LogP contribution < -0.4 is 0 Å². The molecule has 3 heteroatoms. The van der Waals surface area contributed by atoms with E-state index in [-0.39, 0.29) is 17.2 Å². The molecule has 1 aliphatic rings. The number of hydrogen-bond donors (Lipinski definition) is 0. The summed E-state index contributed by atoms with van der Waals surface area (Å²) in [5.41, 5.74) is 5.55. The number of benzene rings is 1. The summed E-state index contributed by atoms with van der Waals surface area (Å²) in [6.45, 7) is 17.1. The maximum Gasteiger partial charge on any atom is 0.338 e. The molecule has 32 heavy (non-hydrogen) atoms. The normalized spacial score (nSPS) is 16.6. The molecule has 0 atom stereocenters. The highest BCUT2D eigenvalue weighted by Gasteiger charge is 2.31. The molecule has 0 aliphatic heterocycles. The number of carbonyl (C=O) groups is 1. The Hall–Kier alpha value is -2.16. The fourth-order valence-corrected chi connectivity index (χ4v) is 4.80. The first-order valence-electron chi connectivity index (χ1n) is 12.1. The van der Waals surface area contributed by atoms with Gasteiger partial charge in [0.15, 0.2) is 0 Å². The number of halogens is 1. The smallest absolute Gasteiger partial charge is 0.338 e. The van der Waals surface area contributed by atoms with Gasteiger partial charge in [0.05, 0.1) is 12.2 Å². The van der Waals surface area contributed by atoms with Crippen LogP contribution in [-0.4, -0.2) is 12.6 Å². The minimum absolute atomic E-state index is 0.000155. The van der Waals surface area contributed by atoms with Gasteiger partial charge in [0.25, 0.3) is 0 Å². The van der Waals surface area contributed by atoms with Crippen LogP contribution in [0.3, 0.4) is 0 Å². The van der Waals surface area contributed by atoms with Crippen LogP contribution in [0.2, 0.25) is 0 Å². The number of rotatable bonds is 10. The van der Waals surface area contributed by atoms with Gasteiger partial charge in [-0.3, -0.25) is 0 Å². The van der Waals surface area contributed by atoms with E-state index < -0.39 is 0 Å². The van der Waals surface area contributed by atoms with Crippen molar-refractivity contribution in [3.8, 4) is 0 Å². The lowest BCUT2D eigenvalue weighted by Crippen LogP contribution is -2.22. The highest BCUT2D eigenvalue weighted by atomic mass is 19.1. The molecule has 0 heterocycles. The zero-order chi connectivity index (χ0) is 23.9. The van der Waals surface area contributed by atoms with Crippen molar-refractivity contribution >= 4 is 11.8 Å². The van der Waals surface area contributed by atoms with Crippen molar-refractivity contribution in [3.05, 3.63) is 63.8 Å². The second-order valence-corrected chi connectivity index (χ2v) is 9.89. The summed E-state index contributed by atoms with van der Waals surface area (Å²) < 4.78 is 20.9. The largest absolute Gasteiger partial charge is 0.462 e. The van der Waals surface area contributed by atoms with E-state index >= 15 is 4.39 Å². The van der Waals surface area contributed by atoms with E-state index in [2.05, 4.69) is 34.3 Å². The van der Waals surface area contributed by atoms with E-state index in [9.17, 15) is 4.79 Å². The van der Waals surface area contributed by atoms with E-state index in [0.29, 0.717) is 23.3 Å². The van der Waals surface area contributed by atoms with Gasteiger partial charge in [-0.2, -0.15) is 0 Å². The molecule has 0 radical (unpaired) electrons. The predicted molar refractivity (Wildman–Crippen MR) is 133 cm³/mol. The average Bonchev–Trinajstić information content (AvgIpc) is 2.74. The van der Waals surface area contributed by atoms with Crippen molar-refractivity contribution in [2.75, 3.05) is 6.61 Å². The van der Waals surface area contributed by atoms with E-state index in [4.69, 9.17) is 4.74 Å². The summed E-state index contributed by atoms with van der Waals surface area (Å²) in [5, 5.41) is 0. The van der Waals surface area contributed by atoms with Crippen molar-refractivity contribution in [2.45, 2.75) is 92.9 Å². The Balaban J connectivity index is 2.15. The second kappa shape index (κ2) is 11.6. The number of carbonyl (C=O) groups excluding carboxylic acids is 1. The Morgan fingerprint density at radius 3 is 2.47 bits per heavy atom. The molecule has 0 spiro atoms. The van der Waals surface area contributed by atoms with Gasteiger partial charge in [0.1, 0.15) is 5.83 Å². The molecule has 0 saturated carbocycles. The van der Waals surface area contributed by atoms with Gasteiger partial charge < -0.3 is 4.74 Å². The van der Waals surface area contributed by atoms with Gasteiger partial charge in [-0.15, -0.1) is 0 Å². The molecule has 176 valence electrons. The molecule has 0 amide bonds. The average molecular weight is 441 g/mol. The molecule has 0 unspecified atom stereocenters. The minimum atomic E-state index is -0.342. The Morgan fingerprint density at radius 2 is 1.84 bits per heavy atom. The molecule has 2 nitrogen and oxygen atoms in total. The first-order chi connectivity index (χ1) is 15.1. The number of aryl methyl sites for hydroxylation is 1. The monoisotopic (exact) mass is 440 g/mol. The number of allylic oxidation sites excluding steroid dienone is 4. The third-order valence-electron chi connectivity index (χ3n) is 6.72. The van der Waals surface area contributed by atoms with Crippen LogP contribution in [0.25, 0.3) is 5.83 Å². The quantitative estimate of drug-likeness (QED) is 0.206. The van der Waals surface area contributed by atoms with Crippen LogP contribution in [0.15, 0.2) is 47.1 Å². The van der Waals surface area contributed by atoms with Crippen molar-refractivity contribution in [3.63, 3.8) is 0 Å². The highest BCUT2D eigenvalue weighted by molar-refractivity contribution is 5.90. The number of unbranched alkanes of at least 4 members (excludes halogenated alkanes) is 4. The van der Waals surface area contributed by atoms with Crippen LogP contribution >= 0.6 is 0 Å². The molecule has 0 aromatic heterocycles. The van der Waals surface area contributed by atoms with Crippen LogP contribution in [-0.2, 0) is 4.74 Å².